The highest BCUT2D eigenvalue weighted by Crippen LogP contribution is 2.35. The van der Waals surface area contributed by atoms with Gasteiger partial charge in [-0.3, -0.25) is 4.79 Å². The predicted molar refractivity (Wildman–Crippen MR) is 135 cm³/mol. The zero-order chi connectivity index (χ0) is 26.4. The molecule has 3 rings (SSSR count). The Morgan fingerprint density at radius 1 is 1.03 bits per heavy atom. The second-order valence-corrected chi connectivity index (χ2v) is 9.16. The standard InChI is InChI=1S/C23H26N4O7S2/c1-7-27-19(13-8-9-14(31-3)15(10-13)32-4)25-26-23(27)35-11-16(28)24-20-17(21(29)33-5)12(2)18(36-20)22(30)34-6/h8-10H,7,11H2,1-6H3,(H,24,28). The van der Waals surface area contributed by atoms with Gasteiger partial charge in [0.2, 0.25) is 5.91 Å². The summed E-state index contributed by atoms with van der Waals surface area (Å²) in [6, 6.07) is 5.45. The zero-order valence-corrected chi connectivity index (χ0v) is 22.3. The van der Waals surface area contributed by atoms with Gasteiger partial charge in [-0.15, -0.1) is 21.5 Å². The number of rotatable bonds is 10. The quantitative estimate of drug-likeness (QED) is 0.304. The first-order chi connectivity index (χ1) is 17.3. The maximum Gasteiger partial charge on any atom is 0.348 e. The molecule has 192 valence electrons. The molecule has 2 heterocycles. The van der Waals surface area contributed by atoms with Crippen LogP contribution in [0.25, 0.3) is 11.4 Å². The first-order valence-electron chi connectivity index (χ1n) is 10.7. The van der Waals surface area contributed by atoms with Gasteiger partial charge < -0.3 is 28.8 Å². The van der Waals surface area contributed by atoms with Gasteiger partial charge in [-0.25, -0.2) is 9.59 Å². The number of amides is 1. The van der Waals surface area contributed by atoms with Crippen LogP contribution >= 0.6 is 23.1 Å². The predicted octanol–water partition coefficient (Wildman–Crippen LogP) is 3.66. The van der Waals surface area contributed by atoms with Gasteiger partial charge in [0.15, 0.2) is 22.5 Å². The lowest BCUT2D eigenvalue weighted by atomic mass is 10.1. The molecular weight excluding hydrogens is 508 g/mol. The number of hydrogen-bond donors (Lipinski definition) is 1. The summed E-state index contributed by atoms with van der Waals surface area (Å²) in [5, 5.41) is 12.0. The molecule has 36 heavy (non-hydrogen) atoms. The average molecular weight is 535 g/mol. The van der Waals surface area contributed by atoms with Crippen LogP contribution in [0.5, 0.6) is 11.5 Å². The Labute approximate surface area is 216 Å². The fourth-order valence-corrected chi connectivity index (χ4v) is 5.33. The number of thiophene rings is 1. The molecule has 0 aliphatic rings. The number of thioether (sulfide) groups is 1. The van der Waals surface area contributed by atoms with E-state index in [1.165, 1.54) is 26.0 Å². The molecule has 0 unspecified atom stereocenters. The van der Waals surface area contributed by atoms with Gasteiger partial charge in [0, 0.05) is 12.1 Å². The summed E-state index contributed by atoms with van der Waals surface area (Å²) in [6.07, 6.45) is 0. The molecule has 2 aromatic heterocycles. The van der Waals surface area contributed by atoms with E-state index in [2.05, 4.69) is 15.5 Å². The third-order valence-corrected chi connectivity index (χ3v) is 7.32. The lowest BCUT2D eigenvalue weighted by Gasteiger charge is -2.11. The number of benzene rings is 1. The van der Waals surface area contributed by atoms with Crippen LogP contribution in [0.2, 0.25) is 0 Å². The Morgan fingerprint density at radius 3 is 2.33 bits per heavy atom. The summed E-state index contributed by atoms with van der Waals surface area (Å²) < 4.78 is 22.1. The van der Waals surface area contributed by atoms with Gasteiger partial charge in [0.25, 0.3) is 0 Å². The van der Waals surface area contributed by atoms with E-state index in [9.17, 15) is 14.4 Å². The number of carbonyl (C=O) groups is 3. The molecule has 0 spiro atoms. The summed E-state index contributed by atoms with van der Waals surface area (Å²) in [4.78, 5) is 37.3. The van der Waals surface area contributed by atoms with Gasteiger partial charge in [0.1, 0.15) is 9.88 Å². The normalized spacial score (nSPS) is 10.6. The summed E-state index contributed by atoms with van der Waals surface area (Å²) in [6.45, 7) is 4.11. The van der Waals surface area contributed by atoms with Crippen LogP contribution in [0.4, 0.5) is 5.00 Å². The van der Waals surface area contributed by atoms with Crippen molar-refractivity contribution in [1.29, 1.82) is 0 Å². The monoisotopic (exact) mass is 534 g/mol. The van der Waals surface area contributed by atoms with Crippen molar-refractivity contribution >= 4 is 45.9 Å². The molecule has 0 bridgehead atoms. The van der Waals surface area contributed by atoms with Crippen molar-refractivity contribution in [3.8, 4) is 22.9 Å². The van der Waals surface area contributed by atoms with Crippen molar-refractivity contribution in [3.63, 3.8) is 0 Å². The minimum atomic E-state index is -0.660. The first-order valence-corrected chi connectivity index (χ1v) is 12.5. The van der Waals surface area contributed by atoms with E-state index in [1.54, 1.807) is 27.2 Å². The summed E-state index contributed by atoms with van der Waals surface area (Å²) in [7, 11) is 5.59. The number of ether oxygens (including phenoxy) is 4. The van der Waals surface area contributed by atoms with Gasteiger partial charge >= 0.3 is 11.9 Å². The molecule has 0 saturated heterocycles. The number of carbonyl (C=O) groups excluding carboxylic acids is 3. The smallest absolute Gasteiger partial charge is 0.348 e. The number of hydrogen-bond acceptors (Lipinski definition) is 11. The first kappa shape index (κ1) is 27.0. The number of nitrogens with zero attached hydrogens (tertiary/aromatic N) is 3. The average Bonchev–Trinajstić information content (AvgIpc) is 3.46. The highest BCUT2D eigenvalue weighted by Gasteiger charge is 2.27. The Balaban J connectivity index is 1.79. The van der Waals surface area contributed by atoms with Crippen LogP contribution in [0.3, 0.4) is 0 Å². The second kappa shape index (κ2) is 11.9. The van der Waals surface area contributed by atoms with Crippen LogP contribution < -0.4 is 14.8 Å². The highest BCUT2D eigenvalue weighted by molar-refractivity contribution is 7.99. The molecule has 11 nitrogen and oxygen atoms in total. The molecular formula is C23H26N4O7S2. The molecule has 0 aliphatic heterocycles. The Morgan fingerprint density at radius 2 is 1.72 bits per heavy atom. The zero-order valence-electron chi connectivity index (χ0n) is 20.7. The third-order valence-electron chi connectivity index (χ3n) is 5.17. The van der Waals surface area contributed by atoms with E-state index in [0.717, 1.165) is 16.9 Å². The maximum atomic E-state index is 12.8. The van der Waals surface area contributed by atoms with Gasteiger partial charge in [-0.05, 0) is 37.6 Å². The van der Waals surface area contributed by atoms with Crippen molar-refractivity contribution in [2.45, 2.75) is 25.5 Å². The largest absolute Gasteiger partial charge is 0.493 e. The lowest BCUT2D eigenvalue weighted by molar-refractivity contribution is -0.113. The minimum Gasteiger partial charge on any atom is -0.493 e. The molecule has 1 amide bonds. The van der Waals surface area contributed by atoms with Crippen molar-refractivity contribution < 1.29 is 33.3 Å². The molecule has 3 aromatic rings. The molecule has 1 N–H and O–H groups in total. The summed E-state index contributed by atoms with van der Waals surface area (Å²) in [5.41, 5.74) is 1.28. The lowest BCUT2D eigenvalue weighted by Crippen LogP contribution is -2.16. The SMILES string of the molecule is CCn1c(SCC(=O)Nc2sc(C(=O)OC)c(C)c2C(=O)OC)nnc1-c1ccc(OC)c(OC)c1. The third kappa shape index (κ3) is 5.46. The van der Waals surface area contributed by atoms with Crippen molar-refractivity contribution in [3.05, 3.63) is 34.2 Å². The summed E-state index contributed by atoms with van der Waals surface area (Å²) >= 11 is 2.15. The Bertz CT molecular complexity index is 1290. The number of anilines is 1. The van der Waals surface area contributed by atoms with Crippen LogP contribution in [0.1, 0.15) is 32.5 Å². The molecule has 0 saturated carbocycles. The number of esters is 2. The summed E-state index contributed by atoms with van der Waals surface area (Å²) in [5.74, 6) is 0.124. The highest BCUT2D eigenvalue weighted by atomic mass is 32.2. The van der Waals surface area contributed by atoms with Crippen molar-refractivity contribution in [2.75, 3.05) is 39.5 Å². The van der Waals surface area contributed by atoms with Crippen LogP contribution in [-0.4, -0.2) is 66.8 Å². The van der Waals surface area contributed by atoms with E-state index in [4.69, 9.17) is 18.9 Å². The van der Waals surface area contributed by atoms with Crippen LogP contribution in [0, 0.1) is 6.92 Å². The second-order valence-electron chi connectivity index (χ2n) is 7.20. The number of methoxy groups -OCH3 is 4. The number of nitrogens with one attached hydrogen (secondary N) is 1. The van der Waals surface area contributed by atoms with Crippen LogP contribution in [0.15, 0.2) is 23.4 Å². The Kier molecular flexibility index (Phi) is 8.93. The minimum absolute atomic E-state index is 0.00478. The molecule has 0 atom stereocenters. The topological polar surface area (TPSA) is 131 Å². The van der Waals surface area contributed by atoms with E-state index in [1.807, 2.05) is 23.6 Å². The number of aromatic nitrogens is 3. The molecule has 0 aliphatic carbocycles. The van der Waals surface area contributed by atoms with Gasteiger partial charge in [-0.1, -0.05) is 11.8 Å². The fraction of sp³-hybridized carbons (Fsp3) is 0.348. The fourth-order valence-electron chi connectivity index (χ4n) is 3.40. The van der Waals surface area contributed by atoms with E-state index in [0.29, 0.717) is 34.6 Å². The van der Waals surface area contributed by atoms with Crippen molar-refractivity contribution in [2.24, 2.45) is 0 Å². The Hall–Kier alpha value is -3.58. The molecule has 0 fully saturated rings. The molecule has 13 heteroatoms. The van der Waals surface area contributed by atoms with Crippen molar-refractivity contribution in [1.82, 2.24) is 14.8 Å². The van der Waals surface area contributed by atoms with E-state index in [-0.39, 0.29) is 27.1 Å². The van der Waals surface area contributed by atoms with E-state index >= 15 is 0 Å². The molecule has 0 radical (unpaired) electrons. The van der Waals surface area contributed by atoms with Crippen LogP contribution in [-0.2, 0) is 20.8 Å². The molecule has 1 aromatic carbocycles. The van der Waals surface area contributed by atoms with Gasteiger partial charge in [0.05, 0.1) is 39.8 Å². The van der Waals surface area contributed by atoms with Gasteiger partial charge in [-0.2, -0.15) is 0 Å². The maximum absolute atomic E-state index is 12.8. The van der Waals surface area contributed by atoms with E-state index < -0.39 is 11.9 Å².